The monoisotopic (exact) mass is 412 g/mol. The minimum absolute atomic E-state index is 0.101. The minimum atomic E-state index is -0.419. The summed E-state index contributed by atoms with van der Waals surface area (Å²) >= 11 is 1.34. The second-order valence-electron chi connectivity index (χ2n) is 5.98. The molecule has 9 heteroatoms. The highest BCUT2D eigenvalue weighted by Gasteiger charge is 2.10. The van der Waals surface area contributed by atoms with E-state index in [4.69, 9.17) is 4.74 Å². The third-order valence-corrected chi connectivity index (χ3v) is 4.80. The summed E-state index contributed by atoms with van der Waals surface area (Å²) in [6, 6.07) is 11.3. The molecule has 3 amide bonds. The predicted molar refractivity (Wildman–Crippen MR) is 114 cm³/mol. The maximum atomic E-state index is 12.2. The third kappa shape index (κ3) is 5.29. The number of esters is 1. The fourth-order valence-electron chi connectivity index (χ4n) is 2.46. The first-order chi connectivity index (χ1) is 14.0. The molecule has 0 saturated heterocycles. The summed E-state index contributed by atoms with van der Waals surface area (Å²) in [6.07, 6.45) is 0.379. The van der Waals surface area contributed by atoms with E-state index in [0.717, 1.165) is 10.2 Å². The molecular weight excluding hydrogens is 392 g/mol. The number of nitrogens with one attached hydrogen (secondary N) is 3. The molecule has 0 aliphatic carbocycles. The Morgan fingerprint density at radius 3 is 2.34 bits per heavy atom. The smallest absolute Gasteiger partial charge is 0.338 e. The van der Waals surface area contributed by atoms with Crippen molar-refractivity contribution >= 4 is 56.0 Å². The number of fused-ring (bicyclic) bond motifs is 1. The third-order valence-electron chi connectivity index (χ3n) is 3.87. The Morgan fingerprint density at radius 1 is 0.966 bits per heavy atom. The molecule has 150 valence electrons. The summed E-state index contributed by atoms with van der Waals surface area (Å²) in [5, 5.41) is 8.71. The molecule has 1 heterocycles. The molecule has 0 unspecified atom stereocenters. The predicted octanol–water partition coefficient (Wildman–Crippen LogP) is 4.47. The molecule has 0 atom stereocenters. The maximum Gasteiger partial charge on any atom is 0.338 e. The lowest BCUT2D eigenvalue weighted by Crippen LogP contribution is -2.19. The number of hydrogen-bond acceptors (Lipinski definition) is 6. The van der Waals surface area contributed by atoms with Gasteiger partial charge in [0.25, 0.3) is 0 Å². The largest absolute Gasteiger partial charge is 0.462 e. The van der Waals surface area contributed by atoms with Crippen LogP contribution in [0.3, 0.4) is 0 Å². The zero-order valence-electron chi connectivity index (χ0n) is 15.9. The van der Waals surface area contributed by atoms with E-state index in [1.807, 2.05) is 0 Å². The van der Waals surface area contributed by atoms with E-state index in [-0.39, 0.29) is 5.91 Å². The summed E-state index contributed by atoms with van der Waals surface area (Å²) in [5.41, 5.74) is 2.29. The average molecular weight is 412 g/mol. The number of carbonyl (C=O) groups excluding carboxylic acids is 3. The van der Waals surface area contributed by atoms with Gasteiger partial charge in [0, 0.05) is 17.8 Å². The minimum Gasteiger partial charge on any atom is -0.462 e. The van der Waals surface area contributed by atoms with Crippen molar-refractivity contribution in [3.63, 3.8) is 0 Å². The number of benzene rings is 2. The van der Waals surface area contributed by atoms with Crippen molar-refractivity contribution in [2.45, 2.75) is 20.3 Å². The molecule has 0 fully saturated rings. The number of aromatic nitrogens is 1. The summed E-state index contributed by atoms with van der Waals surface area (Å²) in [6.45, 7) is 3.81. The molecule has 0 radical (unpaired) electrons. The lowest BCUT2D eigenvalue weighted by molar-refractivity contribution is -0.115. The van der Waals surface area contributed by atoms with Gasteiger partial charge in [-0.2, -0.15) is 0 Å². The Kier molecular flexibility index (Phi) is 6.40. The van der Waals surface area contributed by atoms with Gasteiger partial charge >= 0.3 is 12.0 Å². The van der Waals surface area contributed by atoms with Crippen LogP contribution in [0.1, 0.15) is 30.6 Å². The number of urea groups is 1. The highest BCUT2D eigenvalue weighted by molar-refractivity contribution is 7.22. The molecule has 0 bridgehead atoms. The molecule has 2 aromatic carbocycles. The molecule has 3 aromatic rings. The van der Waals surface area contributed by atoms with E-state index in [9.17, 15) is 14.4 Å². The lowest BCUT2D eigenvalue weighted by atomic mass is 10.2. The number of amides is 3. The van der Waals surface area contributed by atoms with Crippen molar-refractivity contribution in [3.05, 3.63) is 48.0 Å². The lowest BCUT2D eigenvalue weighted by Gasteiger charge is -2.08. The topological polar surface area (TPSA) is 109 Å². The van der Waals surface area contributed by atoms with Crippen molar-refractivity contribution in [2.24, 2.45) is 0 Å². The van der Waals surface area contributed by atoms with E-state index >= 15 is 0 Å². The molecular formula is C20H20N4O4S. The van der Waals surface area contributed by atoms with Crippen LogP contribution in [-0.4, -0.2) is 29.5 Å². The number of thiazole rings is 1. The maximum absolute atomic E-state index is 12.2. The first-order valence-electron chi connectivity index (χ1n) is 9.04. The van der Waals surface area contributed by atoms with Crippen molar-refractivity contribution in [2.75, 3.05) is 22.6 Å². The van der Waals surface area contributed by atoms with Gasteiger partial charge < -0.3 is 20.7 Å². The molecule has 3 N–H and O–H groups in total. The zero-order chi connectivity index (χ0) is 20.8. The fraction of sp³-hybridized carbons (Fsp3) is 0.200. The van der Waals surface area contributed by atoms with Crippen LogP contribution in [0.4, 0.5) is 21.3 Å². The first kappa shape index (κ1) is 20.3. The quantitative estimate of drug-likeness (QED) is 0.518. The van der Waals surface area contributed by atoms with Gasteiger partial charge in [0.1, 0.15) is 0 Å². The van der Waals surface area contributed by atoms with Gasteiger partial charge in [-0.15, -0.1) is 0 Å². The van der Waals surface area contributed by atoms with Crippen molar-refractivity contribution < 1.29 is 19.1 Å². The van der Waals surface area contributed by atoms with Crippen molar-refractivity contribution in [1.82, 2.24) is 4.98 Å². The highest BCUT2D eigenvalue weighted by atomic mass is 32.1. The van der Waals surface area contributed by atoms with Crippen LogP contribution in [0.15, 0.2) is 42.5 Å². The molecule has 0 spiro atoms. The standard InChI is InChI=1S/C20H20N4O4S/c1-3-17(25)24-20-23-15-10-9-14(11-16(15)29-20)22-19(27)21-13-7-5-12(6-8-13)18(26)28-4-2/h5-11H,3-4H2,1-2H3,(H2,21,22,27)(H,23,24,25). The number of nitrogens with zero attached hydrogens (tertiary/aromatic N) is 1. The molecule has 1 aromatic heterocycles. The summed E-state index contributed by atoms with van der Waals surface area (Å²) in [5.74, 6) is -0.508. The van der Waals surface area contributed by atoms with Crippen LogP contribution in [0.25, 0.3) is 10.2 Å². The number of hydrogen-bond donors (Lipinski definition) is 3. The highest BCUT2D eigenvalue weighted by Crippen LogP contribution is 2.28. The van der Waals surface area contributed by atoms with E-state index < -0.39 is 12.0 Å². The van der Waals surface area contributed by atoms with Gasteiger partial charge in [0.05, 0.1) is 22.4 Å². The van der Waals surface area contributed by atoms with Crippen LogP contribution < -0.4 is 16.0 Å². The molecule has 3 rings (SSSR count). The normalized spacial score (nSPS) is 10.4. The van der Waals surface area contributed by atoms with Crippen LogP contribution in [-0.2, 0) is 9.53 Å². The molecule has 0 saturated carbocycles. The summed E-state index contributed by atoms with van der Waals surface area (Å²) in [7, 11) is 0. The van der Waals surface area contributed by atoms with E-state index in [1.165, 1.54) is 11.3 Å². The Hall–Kier alpha value is -3.46. The molecule has 8 nitrogen and oxygen atoms in total. The van der Waals surface area contributed by atoms with Gasteiger partial charge in [-0.25, -0.2) is 14.6 Å². The van der Waals surface area contributed by atoms with Crippen molar-refractivity contribution in [3.8, 4) is 0 Å². The summed E-state index contributed by atoms with van der Waals surface area (Å²) in [4.78, 5) is 39.7. The number of ether oxygens (including phenoxy) is 1. The van der Waals surface area contributed by atoms with Crippen LogP contribution in [0.5, 0.6) is 0 Å². The average Bonchev–Trinajstić information content (AvgIpc) is 3.10. The van der Waals surface area contributed by atoms with Gasteiger partial charge in [-0.1, -0.05) is 18.3 Å². The van der Waals surface area contributed by atoms with Crippen molar-refractivity contribution in [1.29, 1.82) is 0 Å². The van der Waals surface area contributed by atoms with Gasteiger partial charge in [0.2, 0.25) is 5.91 Å². The van der Waals surface area contributed by atoms with Crippen LogP contribution in [0.2, 0.25) is 0 Å². The van der Waals surface area contributed by atoms with E-state index in [2.05, 4.69) is 20.9 Å². The van der Waals surface area contributed by atoms with Crippen LogP contribution in [0, 0.1) is 0 Å². The molecule has 0 aliphatic heterocycles. The number of rotatable bonds is 6. The second kappa shape index (κ2) is 9.16. The zero-order valence-corrected chi connectivity index (χ0v) is 16.8. The van der Waals surface area contributed by atoms with Gasteiger partial charge in [-0.05, 0) is 49.4 Å². The second-order valence-corrected chi connectivity index (χ2v) is 7.01. The summed E-state index contributed by atoms with van der Waals surface area (Å²) < 4.78 is 5.77. The van der Waals surface area contributed by atoms with E-state index in [0.29, 0.717) is 35.1 Å². The fourth-order valence-corrected chi connectivity index (χ4v) is 3.38. The number of anilines is 3. The Labute approximate surface area is 171 Å². The van der Waals surface area contributed by atoms with E-state index in [1.54, 1.807) is 56.3 Å². The Morgan fingerprint density at radius 2 is 1.66 bits per heavy atom. The SMILES string of the molecule is CCOC(=O)c1ccc(NC(=O)Nc2ccc3nc(NC(=O)CC)sc3c2)cc1. The van der Waals surface area contributed by atoms with Crippen LogP contribution >= 0.6 is 11.3 Å². The Bertz CT molecular complexity index is 1050. The molecule has 0 aliphatic rings. The van der Waals surface area contributed by atoms with Gasteiger partial charge in [-0.3, -0.25) is 4.79 Å². The first-order valence-corrected chi connectivity index (χ1v) is 9.85. The molecule has 29 heavy (non-hydrogen) atoms. The van der Waals surface area contributed by atoms with Gasteiger partial charge in [0.15, 0.2) is 5.13 Å². The number of carbonyl (C=O) groups is 3. The Balaban J connectivity index is 1.63.